The van der Waals surface area contributed by atoms with Crippen LogP contribution >= 0.6 is 24.8 Å². The van der Waals surface area contributed by atoms with Crippen molar-refractivity contribution in [2.24, 2.45) is 5.73 Å². The average molecular weight is 394 g/mol. The van der Waals surface area contributed by atoms with Crippen LogP contribution in [0.5, 0.6) is 5.75 Å². The molecular formula is C17H29Cl2N3O3. The Morgan fingerprint density at radius 2 is 2.04 bits per heavy atom. The molecule has 25 heavy (non-hydrogen) atoms. The molecule has 0 aliphatic carbocycles. The van der Waals surface area contributed by atoms with Gasteiger partial charge in [0.1, 0.15) is 18.5 Å². The Hall–Kier alpha value is -1.05. The van der Waals surface area contributed by atoms with Crippen molar-refractivity contribution in [2.45, 2.75) is 31.6 Å². The number of likely N-dealkylation sites (N-methyl/N-ethyl adjacent to an activating group) is 1. The minimum atomic E-state index is -0.384. The van der Waals surface area contributed by atoms with Crippen molar-refractivity contribution in [1.29, 1.82) is 0 Å². The highest BCUT2D eigenvalue weighted by atomic mass is 35.5. The van der Waals surface area contributed by atoms with Gasteiger partial charge in [-0.1, -0.05) is 18.2 Å². The number of carbonyl (C=O) groups is 1. The molecule has 1 heterocycles. The number of carbonyl (C=O) groups excluding carboxylic acids is 1. The third-order valence-corrected chi connectivity index (χ3v) is 3.88. The molecule has 1 saturated heterocycles. The van der Waals surface area contributed by atoms with E-state index in [1.807, 2.05) is 38.4 Å². The summed E-state index contributed by atoms with van der Waals surface area (Å²) in [5.74, 6) is 0.728. The van der Waals surface area contributed by atoms with Gasteiger partial charge in [-0.25, -0.2) is 0 Å². The number of hydrogen-bond acceptors (Lipinski definition) is 5. The molecule has 0 saturated carbocycles. The predicted molar refractivity (Wildman–Crippen MR) is 104 cm³/mol. The fourth-order valence-electron chi connectivity index (χ4n) is 2.50. The lowest BCUT2D eigenvalue weighted by Gasteiger charge is -2.16. The molecule has 8 heteroatoms. The van der Waals surface area contributed by atoms with E-state index in [1.165, 1.54) is 0 Å². The maximum Gasteiger partial charge on any atom is 0.249 e. The Morgan fingerprint density at radius 1 is 1.32 bits per heavy atom. The van der Waals surface area contributed by atoms with Gasteiger partial charge < -0.3 is 25.4 Å². The fraction of sp³-hybridized carbons (Fsp3) is 0.588. The first kappa shape index (κ1) is 23.9. The van der Waals surface area contributed by atoms with E-state index in [-0.39, 0.29) is 42.9 Å². The Kier molecular flexibility index (Phi) is 11.8. The maximum atomic E-state index is 12.2. The second-order valence-electron chi connectivity index (χ2n) is 6.04. The van der Waals surface area contributed by atoms with Gasteiger partial charge in [0.2, 0.25) is 5.91 Å². The van der Waals surface area contributed by atoms with Crippen molar-refractivity contribution < 1.29 is 14.3 Å². The van der Waals surface area contributed by atoms with Crippen LogP contribution in [0.2, 0.25) is 0 Å². The van der Waals surface area contributed by atoms with Crippen LogP contribution in [0.1, 0.15) is 18.4 Å². The Labute approximate surface area is 162 Å². The first-order chi connectivity index (χ1) is 11.1. The molecule has 0 unspecified atom stereocenters. The molecule has 3 N–H and O–H groups in total. The van der Waals surface area contributed by atoms with E-state index in [0.29, 0.717) is 19.7 Å². The van der Waals surface area contributed by atoms with E-state index in [9.17, 15) is 4.79 Å². The van der Waals surface area contributed by atoms with E-state index in [1.54, 1.807) is 0 Å². The predicted octanol–water partition coefficient (Wildman–Crippen LogP) is 1.59. The molecule has 1 aliphatic rings. The van der Waals surface area contributed by atoms with Crippen molar-refractivity contribution >= 4 is 30.7 Å². The largest absolute Gasteiger partial charge is 0.492 e. The van der Waals surface area contributed by atoms with E-state index >= 15 is 0 Å². The van der Waals surface area contributed by atoms with Gasteiger partial charge in [-0.3, -0.25) is 4.79 Å². The molecule has 2 rings (SSSR count). The number of nitrogens with two attached hydrogens (primary N) is 1. The number of benzene rings is 1. The quantitative estimate of drug-likeness (QED) is 0.701. The van der Waals surface area contributed by atoms with Crippen LogP contribution < -0.4 is 15.8 Å². The number of nitrogens with zero attached hydrogens (tertiary/aromatic N) is 1. The molecule has 0 aromatic heterocycles. The van der Waals surface area contributed by atoms with Crippen molar-refractivity contribution in [3.8, 4) is 5.75 Å². The normalized spacial score (nSPS) is 19.0. The molecule has 1 amide bonds. The van der Waals surface area contributed by atoms with E-state index in [4.69, 9.17) is 15.2 Å². The molecule has 0 spiro atoms. The standard InChI is InChI=1S/C17H27N3O3.2ClH/c1-20(2)9-10-22-15-6-4-3-5-13(15)12-19-17(21)16-8-7-14(11-18)23-16;;/h3-6,14,16H,7-12,18H2,1-2H3,(H,19,21);2*1H/t14-,16+;;/m1../s1. The summed E-state index contributed by atoms with van der Waals surface area (Å²) in [4.78, 5) is 14.2. The second kappa shape index (κ2) is 12.3. The number of amides is 1. The molecular weight excluding hydrogens is 365 g/mol. The summed E-state index contributed by atoms with van der Waals surface area (Å²) in [7, 11) is 4.01. The number of para-hydroxylation sites is 1. The van der Waals surface area contributed by atoms with Crippen LogP contribution in [0.15, 0.2) is 24.3 Å². The van der Waals surface area contributed by atoms with Crippen LogP contribution in [0.4, 0.5) is 0 Å². The molecule has 144 valence electrons. The zero-order chi connectivity index (χ0) is 16.7. The monoisotopic (exact) mass is 393 g/mol. The third kappa shape index (κ3) is 7.79. The zero-order valence-corrected chi connectivity index (χ0v) is 16.4. The van der Waals surface area contributed by atoms with Crippen molar-refractivity contribution in [3.63, 3.8) is 0 Å². The van der Waals surface area contributed by atoms with Crippen molar-refractivity contribution in [3.05, 3.63) is 29.8 Å². The SMILES string of the molecule is CN(C)CCOc1ccccc1CNC(=O)[C@@H]1CC[C@H](CN)O1.Cl.Cl. The van der Waals surface area contributed by atoms with Crippen LogP contribution in [0.25, 0.3) is 0 Å². The van der Waals surface area contributed by atoms with Gasteiger partial charge in [-0.05, 0) is 33.0 Å². The number of nitrogens with one attached hydrogen (secondary N) is 1. The molecule has 1 fully saturated rings. The molecule has 6 nitrogen and oxygen atoms in total. The molecule has 2 atom stereocenters. The van der Waals surface area contributed by atoms with E-state index in [2.05, 4.69) is 10.2 Å². The first-order valence-corrected chi connectivity index (χ1v) is 8.09. The smallest absolute Gasteiger partial charge is 0.249 e. The van der Waals surface area contributed by atoms with Crippen LogP contribution in [-0.4, -0.2) is 56.8 Å². The zero-order valence-electron chi connectivity index (χ0n) is 14.8. The van der Waals surface area contributed by atoms with Gasteiger partial charge in [0.05, 0.1) is 6.10 Å². The highest BCUT2D eigenvalue weighted by Crippen LogP contribution is 2.20. The summed E-state index contributed by atoms with van der Waals surface area (Å²) in [6.07, 6.45) is 1.20. The fourth-order valence-corrected chi connectivity index (χ4v) is 2.50. The summed E-state index contributed by atoms with van der Waals surface area (Å²) in [6.45, 7) is 2.36. The van der Waals surface area contributed by atoms with Gasteiger partial charge in [0, 0.05) is 25.2 Å². The Bertz CT molecular complexity index is 518. The summed E-state index contributed by atoms with van der Waals surface area (Å²) in [6, 6.07) is 7.76. The molecule has 1 aromatic rings. The van der Waals surface area contributed by atoms with Gasteiger partial charge in [0.15, 0.2) is 0 Å². The van der Waals surface area contributed by atoms with E-state index in [0.717, 1.165) is 30.7 Å². The molecule has 1 aliphatic heterocycles. The Morgan fingerprint density at radius 3 is 2.68 bits per heavy atom. The lowest BCUT2D eigenvalue weighted by Crippen LogP contribution is -2.35. The topological polar surface area (TPSA) is 76.8 Å². The van der Waals surface area contributed by atoms with Gasteiger partial charge >= 0.3 is 0 Å². The van der Waals surface area contributed by atoms with Crippen LogP contribution in [0.3, 0.4) is 0 Å². The van der Waals surface area contributed by atoms with Gasteiger partial charge in [-0.15, -0.1) is 24.8 Å². The average Bonchev–Trinajstić information content (AvgIpc) is 3.02. The highest BCUT2D eigenvalue weighted by molar-refractivity contribution is 5.85. The van der Waals surface area contributed by atoms with Gasteiger partial charge in [0.25, 0.3) is 0 Å². The number of hydrogen-bond donors (Lipinski definition) is 2. The van der Waals surface area contributed by atoms with Crippen LogP contribution in [-0.2, 0) is 16.1 Å². The number of halogens is 2. The number of rotatable bonds is 8. The highest BCUT2D eigenvalue weighted by Gasteiger charge is 2.29. The maximum absolute atomic E-state index is 12.2. The summed E-state index contributed by atoms with van der Waals surface area (Å²) in [5.41, 5.74) is 6.54. The lowest BCUT2D eigenvalue weighted by atomic mass is 10.1. The van der Waals surface area contributed by atoms with Crippen LogP contribution in [0, 0.1) is 0 Å². The second-order valence-corrected chi connectivity index (χ2v) is 6.04. The summed E-state index contributed by atoms with van der Waals surface area (Å²) < 4.78 is 11.4. The minimum absolute atomic E-state index is 0. The Balaban J connectivity index is 0.00000288. The lowest BCUT2D eigenvalue weighted by molar-refractivity contribution is -0.132. The number of ether oxygens (including phenoxy) is 2. The van der Waals surface area contributed by atoms with Gasteiger partial charge in [-0.2, -0.15) is 0 Å². The third-order valence-electron chi connectivity index (χ3n) is 3.88. The molecule has 1 aromatic carbocycles. The summed E-state index contributed by atoms with van der Waals surface area (Å²) in [5, 5.41) is 2.93. The molecule has 0 radical (unpaired) electrons. The minimum Gasteiger partial charge on any atom is -0.492 e. The van der Waals surface area contributed by atoms with Crippen molar-refractivity contribution in [1.82, 2.24) is 10.2 Å². The van der Waals surface area contributed by atoms with E-state index < -0.39 is 0 Å². The van der Waals surface area contributed by atoms with Crippen molar-refractivity contribution in [2.75, 3.05) is 33.8 Å². The molecule has 0 bridgehead atoms. The summed E-state index contributed by atoms with van der Waals surface area (Å²) >= 11 is 0. The first-order valence-electron chi connectivity index (χ1n) is 8.09.